The van der Waals surface area contributed by atoms with Crippen molar-refractivity contribution in [1.29, 1.82) is 0 Å². The van der Waals surface area contributed by atoms with Crippen molar-refractivity contribution in [2.45, 2.75) is 26.4 Å². The van der Waals surface area contributed by atoms with E-state index < -0.39 is 0 Å². The second-order valence-corrected chi connectivity index (χ2v) is 6.46. The number of nitrogens with zero attached hydrogens (tertiary/aromatic N) is 1. The summed E-state index contributed by atoms with van der Waals surface area (Å²) in [7, 11) is 0. The van der Waals surface area contributed by atoms with Gasteiger partial charge in [-0.3, -0.25) is 0 Å². The number of hydrogen-bond acceptors (Lipinski definition) is 3. The number of halogens is 1. The third-order valence-electron chi connectivity index (χ3n) is 4.78. The molecule has 2 heterocycles. The number of rotatable bonds is 5. The quantitative estimate of drug-likeness (QED) is 0.716. The molecule has 5 heteroatoms. The van der Waals surface area contributed by atoms with Gasteiger partial charge in [0, 0.05) is 24.5 Å². The van der Waals surface area contributed by atoms with Crippen LogP contribution in [0.15, 0.2) is 54.7 Å². The average Bonchev–Trinajstić information content (AvgIpc) is 3.09. The predicted molar refractivity (Wildman–Crippen MR) is 103 cm³/mol. The van der Waals surface area contributed by atoms with Crippen molar-refractivity contribution in [3.05, 3.63) is 77.4 Å². The zero-order valence-electron chi connectivity index (χ0n) is 15.5. The molecular weight excluding hydrogens is 343 g/mol. The molecule has 1 N–H and O–H groups in total. The van der Waals surface area contributed by atoms with E-state index in [4.69, 9.17) is 9.47 Å². The van der Waals surface area contributed by atoms with Gasteiger partial charge in [0.2, 0.25) is 0 Å². The van der Waals surface area contributed by atoms with Crippen molar-refractivity contribution in [2.75, 3.05) is 13.2 Å². The predicted octanol–water partition coefficient (Wildman–Crippen LogP) is 4.61. The molecule has 1 aromatic heterocycles. The number of fused-ring (bicyclic) bond motifs is 3. The molecule has 0 spiro atoms. The first-order chi connectivity index (χ1) is 13.2. The van der Waals surface area contributed by atoms with E-state index in [9.17, 15) is 4.39 Å². The molecule has 0 unspecified atom stereocenters. The van der Waals surface area contributed by atoms with E-state index >= 15 is 0 Å². The molecule has 2 aromatic carbocycles. The van der Waals surface area contributed by atoms with Gasteiger partial charge >= 0.3 is 0 Å². The second-order valence-electron chi connectivity index (χ2n) is 6.46. The zero-order valence-corrected chi connectivity index (χ0v) is 15.5. The molecule has 4 rings (SSSR count). The molecule has 0 fully saturated rings. The minimum atomic E-state index is -0.228. The van der Waals surface area contributed by atoms with Crippen LogP contribution in [0.25, 0.3) is 5.69 Å². The molecule has 0 amide bonds. The summed E-state index contributed by atoms with van der Waals surface area (Å²) >= 11 is 0. The Labute approximate surface area is 158 Å². The van der Waals surface area contributed by atoms with Gasteiger partial charge in [-0.25, -0.2) is 4.39 Å². The molecule has 0 bridgehead atoms. The molecule has 0 radical (unpaired) electrons. The summed E-state index contributed by atoms with van der Waals surface area (Å²) in [4.78, 5) is 0. The van der Waals surface area contributed by atoms with Crippen LogP contribution in [0.5, 0.6) is 11.5 Å². The summed E-state index contributed by atoms with van der Waals surface area (Å²) in [5, 5.41) is 3.60. The average molecular weight is 366 g/mol. The lowest BCUT2D eigenvalue weighted by Crippen LogP contribution is -2.21. The van der Waals surface area contributed by atoms with E-state index in [2.05, 4.69) is 16.0 Å². The second kappa shape index (κ2) is 7.45. The minimum absolute atomic E-state index is 0.0286. The Morgan fingerprint density at radius 3 is 2.44 bits per heavy atom. The van der Waals surface area contributed by atoms with Gasteiger partial charge in [-0.05, 0) is 55.3 Å². The maximum absolute atomic E-state index is 13.4. The number of benzene rings is 2. The van der Waals surface area contributed by atoms with Crippen molar-refractivity contribution in [1.82, 2.24) is 9.88 Å². The Hall–Kier alpha value is -2.79. The molecule has 0 saturated carbocycles. The van der Waals surface area contributed by atoms with Crippen LogP contribution in [-0.2, 0) is 6.54 Å². The van der Waals surface area contributed by atoms with Crippen LogP contribution in [-0.4, -0.2) is 17.8 Å². The van der Waals surface area contributed by atoms with Crippen LogP contribution in [0, 0.1) is 5.82 Å². The number of aromatic nitrogens is 1. The van der Waals surface area contributed by atoms with Crippen molar-refractivity contribution in [2.24, 2.45) is 0 Å². The fourth-order valence-electron chi connectivity index (χ4n) is 3.60. The largest absolute Gasteiger partial charge is 0.490 e. The zero-order chi connectivity index (χ0) is 18.8. The Kier molecular flexibility index (Phi) is 4.86. The summed E-state index contributed by atoms with van der Waals surface area (Å²) < 4.78 is 27.1. The highest BCUT2D eigenvalue weighted by molar-refractivity contribution is 5.56. The summed E-state index contributed by atoms with van der Waals surface area (Å²) in [6.07, 6.45) is 2.05. The lowest BCUT2D eigenvalue weighted by molar-refractivity contribution is 0.287. The van der Waals surface area contributed by atoms with Gasteiger partial charge in [0.1, 0.15) is 5.82 Å². The Bertz CT molecular complexity index is 934. The molecule has 0 saturated heterocycles. The fraction of sp³-hybridized carbons (Fsp3) is 0.273. The van der Waals surface area contributed by atoms with E-state index in [-0.39, 0.29) is 11.9 Å². The van der Waals surface area contributed by atoms with Gasteiger partial charge in [-0.2, -0.15) is 0 Å². The summed E-state index contributed by atoms with van der Waals surface area (Å²) in [5.41, 5.74) is 4.33. The molecule has 4 nitrogen and oxygen atoms in total. The van der Waals surface area contributed by atoms with Gasteiger partial charge in [-0.1, -0.05) is 12.1 Å². The van der Waals surface area contributed by atoms with Gasteiger partial charge < -0.3 is 19.4 Å². The van der Waals surface area contributed by atoms with Crippen molar-refractivity contribution < 1.29 is 13.9 Å². The van der Waals surface area contributed by atoms with Gasteiger partial charge in [0.05, 0.1) is 24.9 Å². The molecule has 27 heavy (non-hydrogen) atoms. The van der Waals surface area contributed by atoms with Crippen LogP contribution < -0.4 is 14.8 Å². The lowest BCUT2D eigenvalue weighted by Gasteiger charge is -2.18. The van der Waals surface area contributed by atoms with Gasteiger partial charge in [0.15, 0.2) is 11.5 Å². The van der Waals surface area contributed by atoms with Crippen LogP contribution >= 0.6 is 0 Å². The molecule has 1 aliphatic rings. The standard InChI is InChI=1S/C22H23FN2O2/c1-3-26-20-12-16-14-24-22(15-7-9-17(23)10-8-15)18-6-5-11-25(18)19(16)13-21(20)27-4-2/h5-13,22,24H,3-4,14H2,1-2H3/t22-/m1/s1. The SMILES string of the molecule is CCOc1cc2c(cc1OCC)-n1cccc1[C@@H](c1ccc(F)cc1)NC2. The topological polar surface area (TPSA) is 35.4 Å². The first kappa shape index (κ1) is 17.6. The molecule has 140 valence electrons. The highest BCUT2D eigenvalue weighted by Crippen LogP contribution is 2.37. The first-order valence-corrected chi connectivity index (χ1v) is 9.30. The minimum Gasteiger partial charge on any atom is -0.490 e. The third kappa shape index (κ3) is 3.30. The molecular formula is C22H23FN2O2. The van der Waals surface area contributed by atoms with Crippen molar-refractivity contribution >= 4 is 0 Å². The molecule has 1 aliphatic heterocycles. The van der Waals surface area contributed by atoms with Crippen LogP contribution in [0.1, 0.15) is 36.7 Å². The molecule has 0 aliphatic carbocycles. The smallest absolute Gasteiger partial charge is 0.163 e. The number of nitrogens with one attached hydrogen (secondary N) is 1. The lowest BCUT2D eigenvalue weighted by atomic mass is 10.0. The van der Waals surface area contributed by atoms with E-state index in [1.54, 1.807) is 0 Å². The van der Waals surface area contributed by atoms with Gasteiger partial charge in [0.25, 0.3) is 0 Å². The van der Waals surface area contributed by atoms with E-state index in [1.165, 1.54) is 12.1 Å². The first-order valence-electron chi connectivity index (χ1n) is 9.30. The Morgan fingerprint density at radius 1 is 1.04 bits per heavy atom. The molecule has 1 atom stereocenters. The maximum Gasteiger partial charge on any atom is 0.163 e. The van der Waals surface area contributed by atoms with Crippen molar-refractivity contribution in [3.8, 4) is 17.2 Å². The summed E-state index contributed by atoms with van der Waals surface area (Å²) in [6, 6.07) is 14.8. The number of ether oxygens (including phenoxy) is 2. The summed E-state index contributed by atoms with van der Waals surface area (Å²) in [6.45, 7) is 5.77. The van der Waals surface area contributed by atoms with Crippen LogP contribution in [0.2, 0.25) is 0 Å². The normalized spacial score (nSPS) is 15.6. The van der Waals surface area contributed by atoms with Crippen molar-refractivity contribution in [3.63, 3.8) is 0 Å². The van der Waals surface area contributed by atoms with E-state index in [0.717, 1.165) is 34.0 Å². The van der Waals surface area contributed by atoms with Crippen LogP contribution in [0.3, 0.4) is 0 Å². The highest BCUT2D eigenvalue weighted by atomic mass is 19.1. The monoisotopic (exact) mass is 366 g/mol. The number of hydrogen-bond donors (Lipinski definition) is 1. The van der Waals surface area contributed by atoms with E-state index in [0.29, 0.717) is 19.8 Å². The van der Waals surface area contributed by atoms with Gasteiger partial charge in [-0.15, -0.1) is 0 Å². The van der Waals surface area contributed by atoms with E-state index in [1.807, 2.05) is 50.4 Å². The third-order valence-corrected chi connectivity index (χ3v) is 4.78. The fourth-order valence-corrected chi connectivity index (χ4v) is 3.60. The summed E-state index contributed by atoms with van der Waals surface area (Å²) in [5.74, 6) is 1.28. The highest BCUT2D eigenvalue weighted by Gasteiger charge is 2.24. The van der Waals surface area contributed by atoms with Crippen LogP contribution in [0.4, 0.5) is 4.39 Å². The molecule has 3 aromatic rings. The Balaban J connectivity index is 1.81. The maximum atomic E-state index is 13.4. The Morgan fingerprint density at radius 2 is 1.74 bits per heavy atom.